The third kappa shape index (κ3) is 4.97. The normalized spacial score (nSPS) is 15.7. The van der Waals surface area contributed by atoms with Gasteiger partial charge in [-0.3, -0.25) is 4.79 Å². The van der Waals surface area contributed by atoms with Crippen LogP contribution in [0.5, 0.6) is 0 Å². The molecule has 0 bridgehead atoms. The van der Waals surface area contributed by atoms with Crippen molar-refractivity contribution in [2.24, 2.45) is 0 Å². The molecule has 3 rings (SSSR count). The summed E-state index contributed by atoms with van der Waals surface area (Å²) in [5, 5.41) is 0.858. The number of benzene rings is 2. The van der Waals surface area contributed by atoms with Gasteiger partial charge in [0.1, 0.15) is 4.90 Å². The Hall–Kier alpha value is -1.25. The van der Waals surface area contributed by atoms with Crippen LogP contribution < -0.4 is 0 Å². The summed E-state index contributed by atoms with van der Waals surface area (Å²) < 4.78 is 26.9. The molecule has 0 aliphatic carbocycles. The molecule has 0 radical (unpaired) electrons. The summed E-state index contributed by atoms with van der Waals surface area (Å²) >= 11 is 13.3. The Bertz CT molecular complexity index is 912. The van der Waals surface area contributed by atoms with Crippen molar-refractivity contribution in [2.75, 3.05) is 31.9 Å². The zero-order valence-electron chi connectivity index (χ0n) is 14.3. The van der Waals surface area contributed by atoms with Crippen LogP contribution in [0.3, 0.4) is 0 Å². The maximum atomic E-state index is 12.7. The van der Waals surface area contributed by atoms with E-state index in [1.54, 1.807) is 35.2 Å². The van der Waals surface area contributed by atoms with Crippen LogP contribution in [0.1, 0.15) is 0 Å². The van der Waals surface area contributed by atoms with Crippen LogP contribution in [0.2, 0.25) is 10.0 Å². The second-order valence-electron chi connectivity index (χ2n) is 5.96. The highest BCUT2D eigenvalue weighted by Crippen LogP contribution is 2.25. The van der Waals surface area contributed by atoms with Crippen molar-refractivity contribution in [1.29, 1.82) is 0 Å². The van der Waals surface area contributed by atoms with Gasteiger partial charge >= 0.3 is 0 Å². The monoisotopic (exact) mass is 444 g/mol. The second-order valence-corrected chi connectivity index (χ2v) is 9.76. The summed E-state index contributed by atoms with van der Waals surface area (Å²) in [6.45, 7) is 1.24. The molecule has 9 heteroatoms. The lowest BCUT2D eigenvalue weighted by atomic mass is 10.3. The number of carbonyl (C=O) groups excluding carboxylic acids is 1. The minimum Gasteiger partial charge on any atom is -0.339 e. The molecule has 0 unspecified atom stereocenters. The van der Waals surface area contributed by atoms with E-state index in [9.17, 15) is 13.2 Å². The van der Waals surface area contributed by atoms with Gasteiger partial charge in [-0.05, 0) is 36.4 Å². The molecule has 1 fully saturated rings. The maximum absolute atomic E-state index is 12.7. The van der Waals surface area contributed by atoms with Gasteiger partial charge in [0.05, 0.1) is 10.8 Å². The van der Waals surface area contributed by atoms with Crippen LogP contribution in [0.15, 0.2) is 58.3 Å². The molecular weight excluding hydrogens is 427 g/mol. The van der Waals surface area contributed by atoms with E-state index in [1.807, 2.05) is 12.1 Å². The van der Waals surface area contributed by atoms with Crippen LogP contribution >= 0.6 is 35.0 Å². The lowest BCUT2D eigenvalue weighted by Crippen LogP contribution is -2.51. The topological polar surface area (TPSA) is 57.7 Å². The molecule has 0 spiro atoms. The Morgan fingerprint density at radius 1 is 0.963 bits per heavy atom. The maximum Gasteiger partial charge on any atom is 0.244 e. The van der Waals surface area contributed by atoms with Crippen molar-refractivity contribution in [3.63, 3.8) is 0 Å². The van der Waals surface area contributed by atoms with E-state index in [4.69, 9.17) is 23.2 Å². The smallest absolute Gasteiger partial charge is 0.244 e. The first-order valence-corrected chi connectivity index (χ1v) is 11.5. The highest BCUT2D eigenvalue weighted by molar-refractivity contribution is 8.00. The Morgan fingerprint density at radius 3 is 2.22 bits per heavy atom. The molecule has 0 N–H and O–H groups in total. The molecular formula is C18H18Cl2N2O3S2. The van der Waals surface area contributed by atoms with Gasteiger partial charge in [0, 0.05) is 36.1 Å². The number of nitrogens with zero attached hydrogens (tertiary/aromatic N) is 2. The first kappa shape index (κ1) is 20.5. The molecule has 27 heavy (non-hydrogen) atoms. The summed E-state index contributed by atoms with van der Waals surface area (Å²) in [6.07, 6.45) is 0. The highest BCUT2D eigenvalue weighted by atomic mass is 35.5. The largest absolute Gasteiger partial charge is 0.339 e. The number of piperazine rings is 1. The van der Waals surface area contributed by atoms with Gasteiger partial charge in [-0.15, -0.1) is 11.8 Å². The summed E-state index contributed by atoms with van der Waals surface area (Å²) in [5.41, 5.74) is 0. The fourth-order valence-corrected chi connectivity index (χ4v) is 5.58. The van der Waals surface area contributed by atoms with Crippen molar-refractivity contribution in [2.45, 2.75) is 9.79 Å². The van der Waals surface area contributed by atoms with Gasteiger partial charge in [-0.25, -0.2) is 8.42 Å². The molecule has 5 nitrogen and oxygen atoms in total. The predicted molar refractivity (Wildman–Crippen MR) is 109 cm³/mol. The van der Waals surface area contributed by atoms with Gasteiger partial charge in [0.2, 0.25) is 15.9 Å². The lowest BCUT2D eigenvalue weighted by molar-refractivity contribution is -0.129. The summed E-state index contributed by atoms with van der Waals surface area (Å²) in [5.74, 6) is 0.295. The molecule has 1 aliphatic rings. The summed E-state index contributed by atoms with van der Waals surface area (Å²) in [4.78, 5) is 15.2. The molecule has 2 aromatic carbocycles. The quantitative estimate of drug-likeness (QED) is 0.660. The Morgan fingerprint density at radius 2 is 1.59 bits per heavy atom. The molecule has 0 aromatic heterocycles. The fraction of sp³-hybridized carbons (Fsp3) is 0.278. The molecule has 144 valence electrons. The first-order valence-electron chi connectivity index (χ1n) is 8.29. The van der Waals surface area contributed by atoms with Crippen molar-refractivity contribution in [3.8, 4) is 0 Å². The number of hydrogen-bond donors (Lipinski definition) is 0. The minimum atomic E-state index is -3.66. The summed E-state index contributed by atoms with van der Waals surface area (Å²) in [6, 6.07) is 13.7. The van der Waals surface area contributed by atoms with Crippen LogP contribution in [0.25, 0.3) is 0 Å². The third-order valence-corrected chi connectivity index (χ3v) is 7.87. The molecule has 1 heterocycles. The van der Waals surface area contributed by atoms with Gasteiger partial charge in [-0.2, -0.15) is 4.31 Å². The number of carbonyl (C=O) groups is 1. The van der Waals surface area contributed by atoms with E-state index in [-0.39, 0.29) is 28.9 Å². The molecule has 1 aliphatic heterocycles. The van der Waals surface area contributed by atoms with Gasteiger partial charge in [-0.1, -0.05) is 35.3 Å². The van der Waals surface area contributed by atoms with E-state index >= 15 is 0 Å². The molecule has 0 saturated carbocycles. The average Bonchev–Trinajstić information content (AvgIpc) is 2.67. The van der Waals surface area contributed by atoms with Crippen LogP contribution in [-0.4, -0.2) is 55.5 Å². The second kappa shape index (κ2) is 8.84. The lowest BCUT2D eigenvalue weighted by Gasteiger charge is -2.34. The minimum absolute atomic E-state index is 0.00950. The van der Waals surface area contributed by atoms with E-state index in [1.165, 1.54) is 22.1 Å². The van der Waals surface area contributed by atoms with E-state index in [0.717, 1.165) is 4.90 Å². The predicted octanol–water partition coefficient (Wildman–Crippen LogP) is 3.62. The van der Waals surface area contributed by atoms with Crippen molar-refractivity contribution < 1.29 is 13.2 Å². The molecule has 0 atom stereocenters. The number of thioether (sulfide) groups is 1. The number of rotatable bonds is 5. The third-order valence-electron chi connectivity index (χ3n) is 4.22. The standard InChI is InChI=1S/C18H18Cl2N2O3S2/c19-14-5-7-15(8-6-14)26-13-18(23)21-9-11-22(12-10-21)27(24,25)17-4-2-1-3-16(17)20/h1-8H,9-13H2. The van der Waals surface area contributed by atoms with E-state index < -0.39 is 10.0 Å². The fourth-order valence-electron chi connectivity index (χ4n) is 2.74. The van der Waals surface area contributed by atoms with Crippen LogP contribution in [-0.2, 0) is 14.8 Å². The van der Waals surface area contributed by atoms with Crippen molar-refractivity contribution in [1.82, 2.24) is 9.21 Å². The van der Waals surface area contributed by atoms with Crippen molar-refractivity contribution in [3.05, 3.63) is 58.6 Å². The zero-order chi connectivity index (χ0) is 19.4. The molecule has 1 saturated heterocycles. The Balaban J connectivity index is 1.56. The number of sulfonamides is 1. The highest BCUT2D eigenvalue weighted by Gasteiger charge is 2.31. The summed E-state index contributed by atoms with van der Waals surface area (Å²) in [7, 11) is -3.66. The number of hydrogen-bond acceptors (Lipinski definition) is 4. The van der Waals surface area contributed by atoms with E-state index in [0.29, 0.717) is 23.9 Å². The zero-order valence-corrected chi connectivity index (χ0v) is 17.5. The van der Waals surface area contributed by atoms with Gasteiger partial charge in [0.25, 0.3) is 0 Å². The van der Waals surface area contributed by atoms with E-state index in [2.05, 4.69) is 0 Å². The number of amides is 1. The SMILES string of the molecule is O=C(CSc1ccc(Cl)cc1)N1CCN(S(=O)(=O)c2ccccc2Cl)CC1. The molecule has 1 amide bonds. The average molecular weight is 445 g/mol. The van der Waals surface area contributed by atoms with Crippen LogP contribution in [0, 0.1) is 0 Å². The van der Waals surface area contributed by atoms with Crippen LogP contribution in [0.4, 0.5) is 0 Å². The van der Waals surface area contributed by atoms with Gasteiger partial charge in [0.15, 0.2) is 0 Å². The molecule has 2 aromatic rings. The Labute approximate surface area is 173 Å². The Kier molecular flexibility index (Phi) is 6.70. The van der Waals surface area contributed by atoms with Gasteiger partial charge < -0.3 is 4.90 Å². The van der Waals surface area contributed by atoms with Crippen molar-refractivity contribution >= 4 is 50.9 Å². The first-order chi connectivity index (χ1) is 12.9. The number of halogens is 2.